The molecule has 0 bridgehead atoms. The SMILES string of the molecule is CCCCCCCCCCC(=O)OC[C@H](COP(=O)(O)OC[C@H](O)COP(=O)(O)OC[C@@H](COC(=O)CCCCCCCCCCCCCCCC(C)C)OC(=O)CCCCCCCCCCCCCCCCCCCCC(C)CC)OC(=O)CCCCCCCCCCC(C)C. The topological polar surface area (TPSA) is 237 Å². The van der Waals surface area contributed by atoms with Crippen LogP contribution in [0.1, 0.15) is 402 Å². The number of carbonyl (C=O) groups excluding carboxylic acids is 4. The lowest BCUT2D eigenvalue weighted by molar-refractivity contribution is -0.161. The molecule has 97 heavy (non-hydrogen) atoms. The lowest BCUT2D eigenvalue weighted by atomic mass is 9.99. The number of hydrogen-bond acceptors (Lipinski definition) is 15. The molecule has 0 saturated heterocycles. The van der Waals surface area contributed by atoms with Gasteiger partial charge in [-0.05, 0) is 43.4 Å². The fourth-order valence-electron chi connectivity index (χ4n) is 11.9. The Morgan fingerprint density at radius 2 is 0.526 bits per heavy atom. The molecule has 0 aromatic rings. The van der Waals surface area contributed by atoms with E-state index in [0.29, 0.717) is 25.7 Å². The predicted octanol–water partition coefficient (Wildman–Crippen LogP) is 23.0. The van der Waals surface area contributed by atoms with Gasteiger partial charge in [0.15, 0.2) is 12.2 Å². The van der Waals surface area contributed by atoms with Crippen LogP contribution in [0.4, 0.5) is 0 Å². The van der Waals surface area contributed by atoms with Crippen LogP contribution in [0.15, 0.2) is 0 Å². The maximum Gasteiger partial charge on any atom is 0.472 e. The standard InChI is InChI=1S/C78H152O17P2/c1-8-10-11-12-13-38-45-52-59-75(80)88-65-73(95-78(83)62-55-48-41-34-33-36-43-50-57-70(5)6)67-92-96(84,85)90-63-72(79)64-91-97(86,87)93-68-74(66-89-76(81)60-53-46-39-31-27-24-20-21-25-29-35-42-49-56-69(3)4)94-77(82)61-54-47-40-32-28-23-19-17-15-14-16-18-22-26-30-37-44-51-58-71(7)9-2/h69-74,79H,8-68H2,1-7H3,(H,84,85)(H,86,87)/t71?,72-,73+,74+/m0/s1. The molecule has 3 unspecified atom stereocenters. The molecule has 0 aliphatic carbocycles. The molecule has 0 fully saturated rings. The highest BCUT2D eigenvalue weighted by Gasteiger charge is 2.30. The van der Waals surface area contributed by atoms with Crippen LogP contribution in [-0.2, 0) is 65.4 Å². The van der Waals surface area contributed by atoms with Crippen LogP contribution in [0.2, 0.25) is 0 Å². The number of ether oxygens (including phenoxy) is 4. The zero-order valence-electron chi connectivity index (χ0n) is 63.5. The molecular formula is C78H152O17P2. The Balaban J connectivity index is 5.17. The van der Waals surface area contributed by atoms with Crippen molar-refractivity contribution in [3.05, 3.63) is 0 Å². The second-order valence-corrected chi connectivity index (χ2v) is 32.2. The number of unbranched alkanes of at least 4 members (excludes halogenated alkanes) is 43. The van der Waals surface area contributed by atoms with Gasteiger partial charge in [-0.3, -0.25) is 37.3 Å². The summed E-state index contributed by atoms with van der Waals surface area (Å²) in [6.45, 7) is 11.9. The number of aliphatic hydroxyl groups excluding tert-OH is 1. The summed E-state index contributed by atoms with van der Waals surface area (Å²) in [7, 11) is -9.91. The van der Waals surface area contributed by atoms with E-state index in [0.717, 1.165) is 114 Å². The van der Waals surface area contributed by atoms with Gasteiger partial charge >= 0.3 is 39.5 Å². The monoisotopic (exact) mass is 1420 g/mol. The molecule has 19 heteroatoms. The van der Waals surface area contributed by atoms with Crippen LogP contribution in [0.3, 0.4) is 0 Å². The minimum Gasteiger partial charge on any atom is -0.462 e. The Morgan fingerprint density at radius 3 is 0.784 bits per heavy atom. The van der Waals surface area contributed by atoms with E-state index in [-0.39, 0.29) is 25.7 Å². The van der Waals surface area contributed by atoms with E-state index < -0.39 is 97.5 Å². The second-order valence-electron chi connectivity index (χ2n) is 29.3. The molecule has 0 saturated carbocycles. The van der Waals surface area contributed by atoms with Gasteiger partial charge in [0.2, 0.25) is 0 Å². The summed E-state index contributed by atoms with van der Waals surface area (Å²) in [5.74, 6) is 0.261. The fraction of sp³-hybridized carbons (Fsp3) is 0.949. The van der Waals surface area contributed by atoms with Crippen LogP contribution in [-0.4, -0.2) is 96.7 Å². The normalized spacial score (nSPS) is 14.3. The first-order chi connectivity index (χ1) is 46.8. The van der Waals surface area contributed by atoms with Gasteiger partial charge in [-0.1, -0.05) is 350 Å². The van der Waals surface area contributed by atoms with Crippen molar-refractivity contribution in [2.45, 2.75) is 420 Å². The molecule has 0 aliphatic heterocycles. The number of phosphoric acid groups is 2. The summed E-state index contributed by atoms with van der Waals surface area (Å²) in [5.41, 5.74) is 0. The first-order valence-corrected chi connectivity index (χ1v) is 43.4. The number of aliphatic hydroxyl groups is 1. The Morgan fingerprint density at radius 1 is 0.299 bits per heavy atom. The number of esters is 4. The van der Waals surface area contributed by atoms with Crippen LogP contribution in [0, 0.1) is 17.8 Å². The Bertz CT molecular complexity index is 1890. The molecule has 0 aromatic carbocycles. The third-order valence-electron chi connectivity index (χ3n) is 18.5. The van der Waals surface area contributed by atoms with Crippen molar-refractivity contribution >= 4 is 39.5 Å². The van der Waals surface area contributed by atoms with E-state index in [2.05, 4.69) is 48.5 Å². The molecule has 0 amide bonds. The van der Waals surface area contributed by atoms with Gasteiger partial charge in [0.05, 0.1) is 26.4 Å². The predicted molar refractivity (Wildman–Crippen MR) is 395 cm³/mol. The van der Waals surface area contributed by atoms with Crippen LogP contribution < -0.4 is 0 Å². The molecule has 0 heterocycles. The highest BCUT2D eigenvalue weighted by atomic mass is 31.2. The maximum absolute atomic E-state index is 13.1. The maximum atomic E-state index is 13.1. The van der Waals surface area contributed by atoms with E-state index in [1.54, 1.807) is 0 Å². The van der Waals surface area contributed by atoms with Gasteiger partial charge < -0.3 is 33.8 Å². The van der Waals surface area contributed by atoms with Gasteiger partial charge in [0, 0.05) is 25.7 Å². The first-order valence-electron chi connectivity index (χ1n) is 40.4. The van der Waals surface area contributed by atoms with Crippen molar-refractivity contribution in [2.75, 3.05) is 39.6 Å². The lowest BCUT2D eigenvalue weighted by Crippen LogP contribution is -2.30. The summed E-state index contributed by atoms with van der Waals surface area (Å²) >= 11 is 0. The zero-order valence-corrected chi connectivity index (χ0v) is 65.3. The van der Waals surface area contributed by atoms with Gasteiger partial charge in [-0.25, -0.2) is 9.13 Å². The van der Waals surface area contributed by atoms with E-state index in [9.17, 15) is 43.2 Å². The van der Waals surface area contributed by atoms with Gasteiger partial charge in [0.25, 0.3) is 0 Å². The average molecular weight is 1420 g/mol. The third-order valence-corrected chi connectivity index (χ3v) is 20.4. The summed E-state index contributed by atoms with van der Waals surface area (Å²) in [5, 5.41) is 10.6. The number of carbonyl (C=O) groups is 4. The molecule has 3 N–H and O–H groups in total. The molecule has 0 rings (SSSR count). The largest absolute Gasteiger partial charge is 0.472 e. The number of rotatable bonds is 76. The summed E-state index contributed by atoms with van der Waals surface area (Å²) in [4.78, 5) is 72.7. The van der Waals surface area contributed by atoms with E-state index in [1.807, 2.05) is 0 Å². The molecule has 0 aromatic heterocycles. The van der Waals surface area contributed by atoms with Gasteiger partial charge in [-0.2, -0.15) is 0 Å². The number of hydrogen-bond donors (Lipinski definition) is 3. The Kier molecular flexibility index (Phi) is 67.1. The molecule has 0 aliphatic rings. The zero-order chi connectivity index (χ0) is 71.6. The molecule has 0 spiro atoms. The lowest BCUT2D eigenvalue weighted by Gasteiger charge is -2.21. The van der Waals surface area contributed by atoms with Crippen LogP contribution >= 0.6 is 15.6 Å². The minimum atomic E-state index is -4.96. The number of phosphoric ester groups is 2. The van der Waals surface area contributed by atoms with E-state index in [4.69, 9.17) is 37.0 Å². The first kappa shape index (κ1) is 95.1. The van der Waals surface area contributed by atoms with Crippen LogP contribution in [0.5, 0.6) is 0 Å². The van der Waals surface area contributed by atoms with Crippen molar-refractivity contribution in [2.24, 2.45) is 17.8 Å². The smallest absolute Gasteiger partial charge is 0.462 e. The third kappa shape index (κ3) is 70.9. The second kappa shape index (κ2) is 68.5. The van der Waals surface area contributed by atoms with Crippen molar-refractivity contribution < 1.29 is 80.2 Å². The Labute approximate surface area is 594 Å². The highest BCUT2D eigenvalue weighted by molar-refractivity contribution is 7.47. The average Bonchev–Trinajstić information content (AvgIpc) is 2.74. The minimum absolute atomic E-state index is 0.104. The van der Waals surface area contributed by atoms with Crippen molar-refractivity contribution in [1.82, 2.24) is 0 Å². The van der Waals surface area contributed by atoms with Gasteiger partial charge in [0.1, 0.15) is 19.3 Å². The van der Waals surface area contributed by atoms with Crippen molar-refractivity contribution in [3.8, 4) is 0 Å². The molecular weight excluding hydrogens is 1270 g/mol. The highest BCUT2D eigenvalue weighted by Crippen LogP contribution is 2.45. The van der Waals surface area contributed by atoms with Crippen molar-refractivity contribution in [1.29, 1.82) is 0 Å². The summed E-state index contributed by atoms with van der Waals surface area (Å²) < 4.78 is 68.5. The van der Waals surface area contributed by atoms with E-state index >= 15 is 0 Å². The molecule has 6 atom stereocenters. The summed E-state index contributed by atoms with van der Waals surface area (Å²) in [6.07, 6.45) is 55.7. The fourth-order valence-corrected chi connectivity index (χ4v) is 13.5. The van der Waals surface area contributed by atoms with Crippen molar-refractivity contribution in [3.63, 3.8) is 0 Å². The van der Waals surface area contributed by atoms with Crippen LogP contribution in [0.25, 0.3) is 0 Å². The summed E-state index contributed by atoms with van der Waals surface area (Å²) in [6, 6.07) is 0. The molecule has 0 radical (unpaired) electrons. The van der Waals surface area contributed by atoms with E-state index in [1.165, 1.54) is 205 Å². The van der Waals surface area contributed by atoms with Gasteiger partial charge in [-0.15, -0.1) is 0 Å². The quantitative estimate of drug-likeness (QED) is 0.0222. The molecule has 17 nitrogen and oxygen atoms in total. The Hall–Kier alpha value is -1.94. The molecule has 576 valence electrons.